The van der Waals surface area contributed by atoms with E-state index in [1.807, 2.05) is 12.1 Å². The molecule has 3 rings (SSSR count). The summed E-state index contributed by atoms with van der Waals surface area (Å²) in [6, 6.07) is 14.2. The Balaban J connectivity index is 1.86. The highest BCUT2D eigenvalue weighted by Gasteiger charge is 2.32. The Morgan fingerprint density at radius 3 is 2.69 bits per heavy atom. The van der Waals surface area contributed by atoms with E-state index in [0.29, 0.717) is 16.9 Å². The van der Waals surface area contributed by atoms with E-state index in [2.05, 4.69) is 5.32 Å². The molecule has 0 saturated carbocycles. The number of nitrogens with one attached hydrogen (secondary N) is 1. The summed E-state index contributed by atoms with van der Waals surface area (Å²) < 4.78 is 11.0. The standard InChI is InChI=1S/C19H17NO5S/c1-24-13-8-6-12(7-9-13)20-10-15-18(23)14-4-2-3-5-16(14)25-19(15)26-11-17(21)22/h2-10,19-20H,11H2,1H3,(H,21,22)/b15-10+/t19-/m0/s1. The highest BCUT2D eigenvalue weighted by Crippen LogP contribution is 2.35. The molecular weight excluding hydrogens is 354 g/mol. The molecule has 0 aromatic heterocycles. The topological polar surface area (TPSA) is 84.9 Å². The molecule has 2 aromatic carbocycles. The molecular formula is C19H17NO5S. The third kappa shape index (κ3) is 4.00. The molecule has 1 aliphatic rings. The summed E-state index contributed by atoms with van der Waals surface area (Å²) in [5.41, 5.74) is 0.902. The van der Waals surface area contributed by atoms with Gasteiger partial charge in [0.25, 0.3) is 0 Å². The van der Waals surface area contributed by atoms with Crippen LogP contribution in [0.2, 0.25) is 0 Å². The molecule has 1 aliphatic heterocycles. The van der Waals surface area contributed by atoms with Crippen molar-refractivity contribution < 1.29 is 24.2 Å². The molecule has 0 spiro atoms. The van der Waals surface area contributed by atoms with Crippen LogP contribution in [0.4, 0.5) is 5.69 Å². The van der Waals surface area contributed by atoms with Crippen LogP contribution in [0.15, 0.2) is 60.3 Å². The molecule has 0 unspecified atom stereocenters. The Morgan fingerprint density at radius 1 is 1.27 bits per heavy atom. The molecule has 0 amide bonds. The number of hydrogen-bond donors (Lipinski definition) is 2. The highest BCUT2D eigenvalue weighted by molar-refractivity contribution is 8.00. The van der Waals surface area contributed by atoms with E-state index < -0.39 is 11.4 Å². The average molecular weight is 371 g/mol. The summed E-state index contributed by atoms with van der Waals surface area (Å²) in [6.07, 6.45) is 1.57. The minimum atomic E-state index is -0.965. The molecule has 0 radical (unpaired) electrons. The summed E-state index contributed by atoms with van der Waals surface area (Å²) in [6.45, 7) is 0. The van der Waals surface area contributed by atoms with Crippen molar-refractivity contribution >= 4 is 29.2 Å². The summed E-state index contributed by atoms with van der Waals surface area (Å²) in [7, 11) is 1.59. The number of aliphatic carboxylic acids is 1. The Bertz CT molecular complexity index is 847. The number of benzene rings is 2. The molecule has 0 saturated heterocycles. The number of anilines is 1. The van der Waals surface area contributed by atoms with Crippen LogP contribution in [0, 0.1) is 0 Å². The fraction of sp³-hybridized carbons (Fsp3) is 0.158. The summed E-state index contributed by atoms with van der Waals surface area (Å²) in [5.74, 6) is -0.130. The van der Waals surface area contributed by atoms with E-state index in [4.69, 9.17) is 14.6 Å². The molecule has 134 valence electrons. The third-order valence-electron chi connectivity index (χ3n) is 3.72. The van der Waals surface area contributed by atoms with Gasteiger partial charge in [0.1, 0.15) is 11.5 Å². The van der Waals surface area contributed by atoms with E-state index in [9.17, 15) is 9.59 Å². The first-order chi connectivity index (χ1) is 12.6. The van der Waals surface area contributed by atoms with Crippen LogP contribution < -0.4 is 14.8 Å². The van der Waals surface area contributed by atoms with Gasteiger partial charge in [0, 0.05) is 11.9 Å². The molecule has 0 aliphatic carbocycles. The van der Waals surface area contributed by atoms with Crippen molar-refractivity contribution in [1.29, 1.82) is 0 Å². The first kappa shape index (κ1) is 17.9. The lowest BCUT2D eigenvalue weighted by Crippen LogP contribution is -2.29. The molecule has 7 heteroatoms. The second-order valence-electron chi connectivity index (χ2n) is 5.45. The highest BCUT2D eigenvalue weighted by atomic mass is 32.2. The number of para-hydroxylation sites is 1. The maximum atomic E-state index is 12.8. The molecule has 6 nitrogen and oxygen atoms in total. The SMILES string of the molecule is COc1ccc(N/C=C2\C(=O)c3ccccc3O[C@H]2SCC(=O)O)cc1. The van der Waals surface area contributed by atoms with Crippen LogP contribution in [-0.2, 0) is 4.79 Å². The molecule has 26 heavy (non-hydrogen) atoms. The lowest BCUT2D eigenvalue weighted by Gasteiger charge is -2.26. The lowest BCUT2D eigenvalue weighted by molar-refractivity contribution is -0.133. The zero-order valence-corrected chi connectivity index (χ0v) is 14.8. The van der Waals surface area contributed by atoms with E-state index in [1.165, 1.54) is 0 Å². The Morgan fingerprint density at radius 2 is 2.00 bits per heavy atom. The van der Waals surface area contributed by atoms with Crippen molar-refractivity contribution in [3.63, 3.8) is 0 Å². The van der Waals surface area contributed by atoms with Crippen LogP contribution in [-0.4, -0.2) is 35.2 Å². The van der Waals surface area contributed by atoms with Crippen LogP contribution >= 0.6 is 11.8 Å². The average Bonchev–Trinajstić information content (AvgIpc) is 2.66. The predicted octanol–water partition coefficient (Wildman–Crippen LogP) is 3.41. The second kappa shape index (κ2) is 7.97. The van der Waals surface area contributed by atoms with Crippen LogP contribution in [0.3, 0.4) is 0 Å². The first-order valence-electron chi connectivity index (χ1n) is 7.83. The van der Waals surface area contributed by atoms with Crippen molar-refractivity contribution in [1.82, 2.24) is 0 Å². The maximum Gasteiger partial charge on any atom is 0.313 e. The van der Waals surface area contributed by atoms with E-state index in [1.54, 1.807) is 49.7 Å². The number of ether oxygens (including phenoxy) is 2. The number of carboxylic acid groups (broad SMARTS) is 1. The number of hydrogen-bond acceptors (Lipinski definition) is 6. The number of carbonyl (C=O) groups excluding carboxylic acids is 1. The largest absolute Gasteiger partial charge is 0.497 e. The summed E-state index contributed by atoms with van der Waals surface area (Å²) >= 11 is 1.05. The number of Topliss-reactive ketones (excluding diaryl/α,β-unsaturated/α-hetero) is 1. The Hall–Kier alpha value is -2.93. The summed E-state index contributed by atoms with van der Waals surface area (Å²) in [4.78, 5) is 23.7. The van der Waals surface area contributed by atoms with Gasteiger partial charge in [-0.15, -0.1) is 11.8 Å². The number of ketones is 1. The number of carbonyl (C=O) groups is 2. The van der Waals surface area contributed by atoms with Crippen molar-refractivity contribution in [2.45, 2.75) is 5.44 Å². The van der Waals surface area contributed by atoms with Gasteiger partial charge >= 0.3 is 5.97 Å². The number of rotatable bonds is 6. The fourth-order valence-corrected chi connectivity index (χ4v) is 3.27. The van der Waals surface area contributed by atoms with Crippen LogP contribution in [0.1, 0.15) is 10.4 Å². The van der Waals surface area contributed by atoms with E-state index >= 15 is 0 Å². The maximum absolute atomic E-state index is 12.8. The Kier molecular flexibility index (Phi) is 5.48. The van der Waals surface area contributed by atoms with Crippen molar-refractivity contribution in [2.24, 2.45) is 0 Å². The van der Waals surface area contributed by atoms with Gasteiger partial charge in [0.05, 0.1) is 24.0 Å². The van der Waals surface area contributed by atoms with Crippen LogP contribution in [0.25, 0.3) is 0 Å². The molecule has 1 atom stereocenters. The van der Waals surface area contributed by atoms with Crippen LogP contribution in [0.5, 0.6) is 11.5 Å². The van der Waals surface area contributed by atoms with Crippen molar-refractivity contribution in [2.75, 3.05) is 18.2 Å². The van der Waals surface area contributed by atoms with Crippen molar-refractivity contribution in [3.8, 4) is 11.5 Å². The normalized spacial score (nSPS) is 17.3. The number of thioether (sulfide) groups is 1. The minimum Gasteiger partial charge on any atom is -0.497 e. The van der Waals surface area contributed by atoms with Gasteiger partial charge in [-0.2, -0.15) is 0 Å². The molecule has 0 bridgehead atoms. The zero-order valence-electron chi connectivity index (χ0n) is 14.0. The van der Waals surface area contributed by atoms with Gasteiger partial charge in [0.15, 0.2) is 11.2 Å². The third-order valence-corrected chi connectivity index (χ3v) is 4.79. The zero-order chi connectivity index (χ0) is 18.5. The second-order valence-corrected chi connectivity index (χ2v) is 6.50. The van der Waals surface area contributed by atoms with E-state index in [0.717, 1.165) is 23.2 Å². The fourth-order valence-electron chi connectivity index (χ4n) is 2.45. The van der Waals surface area contributed by atoms with E-state index in [-0.39, 0.29) is 11.5 Å². The van der Waals surface area contributed by atoms with Gasteiger partial charge in [-0.05, 0) is 36.4 Å². The first-order valence-corrected chi connectivity index (χ1v) is 8.88. The quantitative estimate of drug-likeness (QED) is 0.753. The molecule has 1 heterocycles. The number of carboxylic acids is 1. The van der Waals surface area contributed by atoms with Gasteiger partial charge in [-0.25, -0.2) is 0 Å². The predicted molar refractivity (Wildman–Crippen MR) is 100.0 cm³/mol. The van der Waals surface area contributed by atoms with Gasteiger partial charge in [-0.1, -0.05) is 12.1 Å². The van der Waals surface area contributed by atoms with Gasteiger partial charge in [0.2, 0.25) is 0 Å². The van der Waals surface area contributed by atoms with Crippen molar-refractivity contribution in [3.05, 3.63) is 65.9 Å². The summed E-state index contributed by atoms with van der Waals surface area (Å²) in [5, 5.41) is 12.0. The molecule has 0 fully saturated rings. The number of methoxy groups -OCH3 is 1. The molecule has 2 aromatic rings. The minimum absolute atomic E-state index is 0.167. The lowest BCUT2D eigenvalue weighted by atomic mass is 10.0. The van der Waals surface area contributed by atoms with Gasteiger partial charge < -0.3 is 19.9 Å². The molecule has 2 N–H and O–H groups in total. The number of fused-ring (bicyclic) bond motifs is 1. The monoisotopic (exact) mass is 371 g/mol. The smallest absolute Gasteiger partial charge is 0.313 e. The Labute approximate surface area is 154 Å². The van der Waals surface area contributed by atoms with Gasteiger partial charge in [-0.3, -0.25) is 9.59 Å².